The number of pyridine rings is 1. The molecule has 8 heteroatoms. The van der Waals surface area contributed by atoms with Crippen molar-refractivity contribution >= 4 is 34.1 Å². The highest BCUT2D eigenvalue weighted by Gasteiger charge is 2.16. The number of anilines is 1. The summed E-state index contributed by atoms with van der Waals surface area (Å²) in [6, 6.07) is 18.9. The van der Waals surface area contributed by atoms with Crippen LogP contribution in [0, 0.1) is 0 Å². The number of nitrogens with one attached hydrogen (secondary N) is 1. The molecule has 2 aromatic carbocycles. The molecule has 8 nitrogen and oxygen atoms in total. The zero-order valence-electron chi connectivity index (χ0n) is 16.4. The van der Waals surface area contributed by atoms with Gasteiger partial charge in [-0.25, -0.2) is 4.98 Å². The maximum atomic E-state index is 13.0. The van der Waals surface area contributed by atoms with Crippen LogP contribution in [0.4, 0.5) is 5.69 Å². The van der Waals surface area contributed by atoms with Gasteiger partial charge in [-0.2, -0.15) is 5.10 Å². The number of hydrogen-bond donors (Lipinski definition) is 2. The van der Waals surface area contributed by atoms with Gasteiger partial charge >= 0.3 is 0 Å². The van der Waals surface area contributed by atoms with Gasteiger partial charge in [-0.3, -0.25) is 18.7 Å². The van der Waals surface area contributed by atoms with E-state index in [1.54, 1.807) is 22.7 Å². The third-order valence-electron chi connectivity index (χ3n) is 5.13. The standard InChI is InChI=1S/C23H18N6O2/c24-22(30)16-9-10-21-25-12-20(28(21)14-16)23(31)27-18-7-4-8-19-17(18)11-26-29(19)13-15-5-2-1-3-6-15/h1-12,14H,13H2,(H2,24,30)(H,27,31). The number of hydrogen-bond acceptors (Lipinski definition) is 4. The highest BCUT2D eigenvalue weighted by Crippen LogP contribution is 2.24. The number of aromatic nitrogens is 4. The molecule has 31 heavy (non-hydrogen) atoms. The van der Waals surface area contributed by atoms with Gasteiger partial charge in [0.05, 0.1) is 35.7 Å². The number of benzene rings is 2. The second-order valence-electron chi connectivity index (χ2n) is 7.13. The Labute approximate surface area is 176 Å². The van der Waals surface area contributed by atoms with Gasteiger partial charge in [-0.1, -0.05) is 36.4 Å². The van der Waals surface area contributed by atoms with Crippen LogP contribution in [0.1, 0.15) is 26.4 Å². The summed E-state index contributed by atoms with van der Waals surface area (Å²) in [5.41, 5.74) is 9.19. The Morgan fingerprint density at radius 3 is 2.61 bits per heavy atom. The van der Waals surface area contributed by atoms with Crippen LogP contribution in [-0.4, -0.2) is 31.0 Å². The molecule has 3 N–H and O–H groups in total. The van der Waals surface area contributed by atoms with Crippen LogP contribution >= 0.6 is 0 Å². The Balaban J connectivity index is 1.47. The van der Waals surface area contributed by atoms with Crippen LogP contribution in [0.5, 0.6) is 0 Å². The molecule has 0 saturated carbocycles. The molecule has 0 aliphatic heterocycles. The second-order valence-corrected chi connectivity index (χ2v) is 7.13. The van der Waals surface area contributed by atoms with Crippen LogP contribution in [-0.2, 0) is 6.54 Å². The van der Waals surface area contributed by atoms with Gasteiger partial charge in [0, 0.05) is 11.6 Å². The summed E-state index contributed by atoms with van der Waals surface area (Å²) in [6.45, 7) is 0.630. The van der Waals surface area contributed by atoms with Crippen molar-refractivity contribution in [3.05, 3.63) is 96.1 Å². The van der Waals surface area contributed by atoms with E-state index in [9.17, 15) is 9.59 Å². The minimum absolute atomic E-state index is 0.295. The molecule has 0 aliphatic rings. The largest absolute Gasteiger partial charge is 0.366 e. The SMILES string of the molecule is NC(=O)c1ccc2ncc(C(=O)Nc3cccc4c3cnn4Cc3ccccc3)n2c1. The van der Waals surface area contributed by atoms with Crippen molar-refractivity contribution in [1.82, 2.24) is 19.2 Å². The number of nitrogens with two attached hydrogens (primary N) is 1. The number of amides is 2. The van der Waals surface area contributed by atoms with E-state index in [4.69, 9.17) is 5.73 Å². The summed E-state index contributed by atoms with van der Waals surface area (Å²) < 4.78 is 3.45. The van der Waals surface area contributed by atoms with Gasteiger partial charge in [-0.05, 0) is 29.8 Å². The maximum absolute atomic E-state index is 13.0. The molecule has 0 radical (unpaired) electrons. The molecule has 5 aromatic rings. The predicted molar refractivity (Wildman–Crippen MR) is 117 cm³/mol. The minimum atomic E-state index is -0.572. The van der Waals surface area contributed by atoms with Crippen molar-refractivity contribution in [2.75, 3.05) is 5.32 Å². The lowest BCUT2D eigenvalue weighted by Crippen LogP contribution is -2.16. The average Bonchev–Trinajstić information content (AvgIpc) is 3.39. The Hall–Kier alpha value is -4.46. The first-order chi connectivity index (χ1) is 15.1. The van der Waals surface area contributed by atoms with Crippen LogP contribution in [0.2, 0.25) is 0 Å². The molecule has 0 fully saturated rings. The molecule has 0 aliphatic carbocycles. The number of primary amides is 1. The lowest BCUT2D eigenvalue weighted by atomic mass is 10.2. The molecule has 0 unspecified atom stereocenters. The third-order valence-corrected chi connectivity index (χ3v) is 5.13. The zero-order chi connectivity index (χ0) is 21.4. The summed E-state index contributed by atoms with van der Waals surface area (Å²) in [5.74, 6) is -0.921. The van der Waals surface area contributed by atoms with E-state index in [1.165, 1.54) is 12.4 Å². The van der Waals surface area contributed by atoms with Gasteiger partial charge < -0.3 is 11.1 Å². The fraction of sp³-hybridized carbons (Fsp3) is 0.0435. The Kier molecular flexibility index (Phi) is 4.44. The average molecular weight is 410 g/mol. The Morgan fingerprint density at radius 1 is 0.968 bits per heavy atom. The summed E-state index contributed by atoms with van der Waals surface area (Å²) >= 11 is 0. The van der Waals surface area contributed by atoms with Crippen LogP contribution in [0.15, 0.2) is 79.3 Å². The van der Waals surface area contributed by atoms with Crippen molar-refractivity contribution in [3.63, 3.8) is 0 Å². The second kappa shape index (κ2) is 7.42. The van der Waals surface area contributed by atoms with Gasteiger partial charge in [0.2, 0.25) is 5.91 Å². The lowest BCUT2D eigenvalue weighted by Gasteiger charge is -2.08. The van der Waals surface area contributed by atoms with Gasteiger partial charge in [0.1, 0.15) is 11.3 Å². The molecule has 2 amide bonds. The highest BCUT2D eigenvalue weighted by atomic mass is 16.2. The van der Waals surface area contributed by atoms with Crippen molar-refractivity contribution in [1.29, 1.82) is 0 Å². The molecule has 0 spiro atoms. The third kappa shape index (κ3) is 3.40. The predicted octanol–water partition coefficient (Wildman–Crippen LogP) is 3.08. The molecule has 3 heterocycles. The molecule has 5 rings (SSSR count). The van der Waals surface area contributed by atoms with E-state index in [2.05, 4.69) is 15.4 Å². The summed E-state index contributed by atoms with van der Waals surface area (Å²) in [5, 5.41) is 8.27. The van der Waals surface area contributed by atoms with E-state index < -0.39 is 5.91 Å². The van der Waals surface area contributed by atoms with E-state index in [1.807, 2.05) is 53.2 Å². The quantitative estimate of drug-likeness (QED) is 0.464. The number of carbonyl (C=O) groups excluding carboxylic acids is 2. The topological polar surface area (TPSA) is 107 Å². The van der Waals surface area contributed by atoms with Crippen LogP contribution in [0.25, 0.3) is 16.6 Å². The van der Waals surface area contributed by atoms with Crippen molar-refractivity contribution < 1.29 is 9.59 Å². The minimum Gasteiger partial charge on any atom is -0.366 e. The smallest absolute Gasteiger partial charge is 0.274 e. The fourth-order valence-corrected chi connectivity index (χ4v) is 3.58. The molecular weight excluding hydrogens is 392 g/mol. The van der Waals surface area contributed by atoms with Crippen molar-refractivity contribution in [2.45, 2.75) is 6.54 Å². The van der Waals surface area contributed by atoms with Gasteiger partial charge in [0.25, 0.3) is 5.91 Å². The van der Waals surface area contributed by atoms with Crippen molar-refractivity contribution in [2.24, 2.45) is 5.73 Å². The number of imidazole rings is 1. The molecule has 3 aromatic heterocycles. The van der Waals surface area contributed by atoms with Crippen molar-refractivity contribution in [3.8, 4) is 0 Å². The highest BCUT2D eigenvalue weighted by molar-refractivity contribution is 6.08. The zero-order valence-corrected chi connectivity index (χ0v) is 16.4. The number of carbonyl (C=O) groups is 2. The number of fused-ring (bicyclic) bond motifs is 2. The molecule has 0 bridgehead atoms. The number of rotatable bonds is 5. The molecule has 0 atom stereocenters. The summed E-state index contributed by atoms with van der Waals surface area (Å²) in [4.78, 5) is 28.7. The fourth-order valence-electron chi connectivity index (χ4n) is 3.58. The normalized spacial score (nSPS) is 11.1. The van der Waals surface area contributed by atoms with Gasteiger partial charge in [-0.15, -0.1) is 0 Å². The van der Waals surface area contributed by atoms with Crippen LogP contribution in [0.3, 0.4) is 0 Å². The maximum Gasteiger partial charge on any atom is 0.274 e. The molecular formula is C23H18N6O2. The first-order valence-corrected chi connectivity index (χ1v) is 9.67. The Morgan fingerprint density at radius 2 is 1.81 bits per heavy atom. The summed E-state index contributed by atoms with van der Waals surface area (Å²) in [7, 11) is 0. The lowest BCUT2D eigenvalue weighted by molar-refractivity contribution is 0.0994. The van der Waals surface area contributed by atoms with E-state index in [0.717, 1.165) is 16.5 Å². The van der Waals surface area contributed by atoms with E-state index >= 15 is 0 Å². The number of nitrogens with zero attached hydrogens (tertiary/aromatic N) is 4. The van der Waals surface area contributed by atoms with Gasteiger partial charge in [0.15, 0.2) is 0 Å². The molecule has 152 valence electrons. The summed E-state index contributed by atoms with van der Waals surface area (Å²) in [6.07, 6.45) is 4.72. The Bertz CT molecular complexity index is 1430. The monoisotopic (exact) mass is 410 g/mol. The first-order valence-electron chi connectivity index (χ1n) is 9.67. The first kappa shape index (κ1) is 18.6. The van der Waals surface area contributed by atoms with Crippen LogP contribution < -0.4 is 11.1 Å². The van der Waals surface area contributed by atoms with E-state index in [-0.39, 0.29) is 5.91 Å². The van der Waals surface area contributed by atoms with E-state index in [0.29, 0.717) is 29.1 Å². The molecule has 0 saturated heterocycles.